The molecule has 1 aliphatic carbocycles. The lowest BCUT2D eigenvalue weighted by atomic mass is 9.76. The van der Waals surface area contributed by atoms with Crippen molar-refractivity contribution in [3.63, 3.8) is 0 Å². The summed E-state index contributed by atoms with van der Waals surface area (Å²) >= 11 is 0. The summed E-state index contributed by atoms with van der Waals surface area (Å²) in [6.45, 7) is 2.90. The molecule has 3 saturated heterocycles. The number of carbonyl (C=O) groups excluding carboxylic acids is 1. The van der Waals surface area contributed by atoms with Crippen molar-refractivity contribution in [3.05, 3.63) is 12.7 Å². The van der Waals surface area contributed by atoms with Crippen molar-refractivity contribution in [2.75, 3.05) is 19.6 Å². The highest BCUT2D eigenvalue weighted by Crippen LogP contribution is 2.34. The van der Waals surface area contributed by atoms with E-state index in [1.54, 1.807) is 0 Å². The van der Waals surface area contributed by atoms with Gasteiger partial charge in [0.1, 0.15) is 0 Å². The Bertz CT molecular complexity index is 571. The van der Waals surface area contributed by atoms with Gasteiger partial charge in [0.2, 0.25) is 5.91 Å². The molecule has 4 fully saturated rings. The number of nitrogens with one attached hydrogen (secondary N) is 3. The molecule has 0 aromatic carbocycles. The van der Waals surface area contributed by atoms with Gasteiger partial charge in [-0.25, -0.2) is 5.43 Å². The van der Waals surface area contributed by atoms with Crippen LogP contribution in [0.25, 0.3) is 0 Å². The van der Waals surface area contributed by atoms with Crippen LogP contribution in [-0.4, -0.2) is 66.3 Å². The topological polar surface area (TPSA) is 59.6 Å². The van der Waals surface area contributed by atoms with E-state index in [2.05, 4.69) is 22.6 Å². The Balaban J connectivity index is 1.50. The van der Waals surface area contributed by atoms with Crippen molar-refractivity contribution >= 4 is 5.91 Å². The molecule has 0 aromatic rings. The van der Waals surface area contributed by atoms with Gasteiger partial charge in [-0.15, -0.1) is 0 Å². The van der Waals surface area contributed by atoms with Crippen molar-refractivity contribution in [2.24, 2.45) is 11.8 Å². The Hall–Kier alpha value is -1.09. The van der Waals surface area contributed by atoms with Gasteiger partial charge in [0.15, 0.2) is 0 Å². The first kappa shape index (κ1) is 20.2. The monoisotopic (exact) mass is 397 g/mol. The Morgan fingerprint density at radius 3 is 2.50 bits per heavy atom. The van der Waals surface area contributed by atoms with Crippen LogP contribution in [0.2, 0.25) is 0 Å². The largest absolute Gasteiger partial charge is 0.338 e. The molecule has 158 valence electrons. The van der Waals surface area contributed by atoms with Crippen LogP contribution >= 0.6 is 0 Å². The normalized spacial score (nSPS) is 37.8. The van der Waals surface area contributed by atoms with Crippen molar-refractivity contribution in [1.82, 2.24) is 26.0 Å². The molecule has 4 rings (SSSR count). The number of hydrogen-bond acceptors (Lipinski definition) is 5. The van der Waals surface area contributed by atoms with E-state index in [0.29, 0.717) is 31.5 Å². The summed E-state index contributed by atoms with van der Waals surface area (Å²) < 4.78 is 26.3. The molecule has 1 amide bonds. The van der Waals surface area contributed by atoms with Crippen molar-refractivity contribution in [3.8, 4) is 0 Å². The SMILES string of the molecule is C=CC(=O)N1CCC2C(C1)NC(C1CCCCC1)NC2C1CCN(C(F)F)N1. The van der Waals surface area contributed by atoms with Crippen molar-refractivity contribution in [1.29, 1.82) is 0 Å². The quantitative estimate of drug-likeness (QED) is 0.498. The number of amides is 1. The zero-order valence-electron chi connectivity index (χ0n) is 16.5. The Morgan fingerprint density at radius 2 is 1.82 bits per heavy atom. The minimum absolute atomic E-state index is 0.0105. The van der Waals surface area contributed by atoms with Crippen LogP contribution in [0.5, 0.6) is 0 Å². The first-order chi connectivity index (χ1) is 13.6. The second kappa shape index (κ2) is 8.73. The van der Waals surface area contributed by atoms with Gasteiger partial charge in [0, 0.05) is 37.8 Å². The Morgan fingerprint density at radius 1 is 1.04 bits per heavy atom. The fourth-order valence-electron chi connectivity index (χ4n) is 5.70. The van der Waals surface area contributed by atoms with Crippen LogP contribution < -0.4 is 16.1 Å². The number of halogens is 2. The summed E-state index contributed by atoms with van der Waals surface area (Å²) in [7, 11) is 0. The van der Waals surface area contributed by atoms with Gasteiger partial charge in [-0.1, -0.05) is 25.8 Å². The zero-order chi connectivity index (χ0) is 19.7. The first-order valence-electron chi connectivity index (χ1n) is 10.8. The third kappa shape index (κ3) is 4.10. The minimum atomic E-state index is -2.47. The van der Waals surface area contributed by atoms with Crippen LogP contribution in [0.1, 0.15) is 44.9 Å². The van der Waals surface area contributed by atoms with E-state index in [9.17, 15) is 13.6 Å². The van der Waals surface area contributed by atoms with Gasteiger partial charge in [-0.05, 0) is 43.6 Å². The van der Waals surface area contributed by atoms with E-state index >= 15 is 0 Å². The third-order valence-corrected chi connectivity index (χ3v) is 7.18. The summed E-state index contributed by atoms with van der Waals surface area (Å²) in [5.74, 6) is 0.867. The summed E-state index contributed by atoms with van der Waals surface area (Å²) in [4.78, 5) is 14.0. The number of likely N-dealkylation sites (tertiary alicyclic amines) is 1. The highest BCUT2D eigenvalue weighted by atomic mass is 19.3. The summed E-state index contributed by atoms with van der Waals surface area (Å²) in [6, 6.07) is 0.345. The fraction of sp³-hybridized carbons (Fsp3) is 0.850. The predicted octanol–water partition coefficient (Wildman–Crippen LogP) is 1.66. The molecule has 0 aromatic heterocycles. The van der Waals surface area contributed by atoms with Crippen molar-refractivity contribution in [2.45, 2.75) is 75.8 Å². The van der Waals surface area contributed by atoms with Gasteiger partial charge in [-0.3, -0.25) is 15.4 Å². The maximum atomic E-state index is 13.1. The molecule has 0 bridgehead atoms. The van der Waals surface area contributed by atoms with Crippen LogP contribution in [-0.2, 0) is 4.79 Å². The number of carbonyl (C=O) groups is 1. The number of rotatable bonds is 4. The van der Waals surface area contributed by atoms with Crippen LogP contribution in [0.15, 0.2) is 12.7 Å². The number of hydrogen-bond donors (Lipinski definition) is 3. The maximum Gasteiger partial charge on any atom is 0.306 e. The van der Waals surface area contributed by atoms with Gasteiger partial charge in [-0.2, -0.15) is 13.8 Å². The van der Waals surface area contributed by atoms with Gasteiger partial charge < -0.3 is 4.90 Å². The summed E-state index contributed by atoms with van der Waals surface area (Å²) in [6.07, 6.45) is 9.38. The molecule has 1 saturated carbocycles. The summed E-state index contributed by atoms with van der Waals surface area (Å²) in [5, 5.41) is 8.67. The first-order valence-corrected chi connectivity index (χ1v) is 10.8. The lowest BCUT2D eigenvalue weighted by Crippen LogP contribution is -2.72. The summed E-state index contributed by atoms with van der Waals surface area (Å²) in [5.41, 5.74) is 3.06. The molecule has 3 heterocycles. The van der Waals surface area contributed by atoms with Gasteiger partial charge in [0.25, 0.3) is 0 Å². The predicted molar refractivity (Wildman–Crippen MR) is 103 cm³/mol. The fourth-order valence-corrected chi connectivity index (χ4v) is 5.70. The lowest BCUT2D eigenvalue weighted by Gasteiger charge is -2.52. The number of alkyl halides is 2. The molecule has 5 unspecified atom stereocenters. The van der Waals surface area contributed by atoms with E-state index < -0.39 is 6.55 Å². The van der Waals surface area contributed by atoms with Crippen LogP contribution in [0.4, 0.5) is 8.78 Å². The molecule has 5 atom stereocenters. The second-order valence-corrected chi connectivity index (χ2v) is 8.78. The highest BCUT2D eigenvalue weighted by Gasteiger charge is 2.47. The molecule has 6 nitrogen and oxygen atoms in total. The van der Waals surface area contributed by atoms with Gasteiger partial charge >= 0.3 is 6.55 Å². The smallest absolute Gasteiger partial charge is 0.306 e. The third-order valence-electron chi connectivity index (χ3n) is 7.18. The average Bonchev–Trinajstić information content (AvgIpc) is 3.23. The molecule has 3 aliphatic heterocycles. The number of fused-ring (bicyclic) bond motifs is 1. The van der Waals surface area contributed by atoms with Crippen LogP contribution in [0.3, 0.4) is 0 Å². The molecular formula is C20H33F2N5O. The molecule has 0 radical (unpaired) electrons. The molecule has 0 spiro atoms. The number of nitrogens with zero attached hydrogens (tertiary/aromatic N) is 2. The highest BCUT2D eigenvalue weighted by molar-refractivity contribution is 5.87. The van der Waals surface area contributed by atoms with E-state index in [-0.39, 0.29) is 30.2 Å². The number of hydrazine groups is 1. The Kier molecular flexibility index (Phi) is 6.30. The minimum Gasteiger partial charge on any atom is -0.338 e. The van der Waals surface area contributed by atoms with E-state index in [4.69, 9.17) is 0 Å². The van der Waals surface area contributed by atoms with E-state index in [0.717, 1.165) is 17.9 Å². The molecule has 4 aliphatic rings. The maximum absolute atomic E-state index is 13.1. The van der Waals surface area contributed by atoms with Crippen molar-refractivity contribution < 1.29 is 13.6 Å². The lowest BCUT2D eigenvalue weighted by molar-refractivity contribution is -0.129. The molecular weight excluding hydrogens is 364 g/mol. The zero-order valence-corrected chi connectivity index (χ0v) is 16.5. The average molecular weight is 398 g/mol. The van der Waals surface area contributed by atoms with E-state index in [1.165, 1.54) is 38.2 Å². The van der Waals surface area contributed by atoms with E-state index in [1.807, 2.05) is 4.90 Å². The molecule has 3 N–H and O–H groups in total. The molecule has 8 heteroatoms. The van der Waals surface area contributed by atoms with Gasteiger partial charge in [0.05, 0.1) is 6.17 Å². The number of piperidine rings is 1. The standard InChI is InChI=1S/C20H33F2N5O/c1-2-17(28)26-10-8-14-16(12-26)23-19(13-6-4-3-5-7-13)24-18(14)15-9-11-27(25-15)20(21)22/h2,13-16,18-20,23-25H,1,3-12H2. The Labute approximate surface area is 166 Å². The van der Waals surface area contributed by atoms with Crippen LogP contribution in [0, 0.1) is 11.8 Å². The molecule has 28 heavy (non-hydrogen) atoms. The second-order valence-electron chi connectivity index (χ2n) is 8.78.